The lowest BCUT2D eigenvalue weighted by atomic mass is 10.1. The Morgan fingerprint density at radius 1 is 0.394 bits per heavy atom. The van der Waals surface area contributed by atoms with Gasteiger partial charge in [-0.1, -0.05) is 0 Å². The molecule has 32 nitrogen and oxygen atoms in total. The first-order chi connectivity index (χ1) is 33.6. The molecule has 0 fully saturated rings. The van der Waals surface area contributed by atoms with Crippen LogP contribution in [-0.4, -0.2) is 174 Å². The van der Waals surface area contributed by atoms with Crippen LogP contribution in [0.2, 0.25) is 0 Å². The first-order valence-corrected chi connectivity index (χ1v) is 23.4. The minimum absolute atomic E-state index is 0.00841. The van der Waals surface area contributed by atoms with E-state index in [1.807, 2.05) is 0 Å². The number of primary amides is 1. The van der Waals surface area contributed by atoms with Gasteiger partial charge in [0.05, 0.1) is 0 Å². The van der Waals surface area contributed by atoms with Crippen LogP contribution in [-0.2, 0) is 0 Å². The second-order valence-corrected chi connectivity index (χ2v) is 16.5. The van der Waals surface area contributed by atoms with Gasteiger partial charge in [-0.25, -0.2) is 28.8 Å². The molecule has 0 unspecified atom stereocenters. The highest BCUT2D eigenvalue weighted by molar-refractivity contribution is 7.80. The van der Waals surface area contributed by atoms with Crippen molar-refractivity contribution >= 4 is 77.4 Å². The zero-order valence-corrected chi connectivity index (χ0v) is 41.9. The molecule has 406 valence electrons. The van der Waals surface area contributed by atoms with Crippen molar-refractivity contribution in [2.45, 2.75) is 101 Å². The summed E-state index contributed by atoms with van der Waals surface area (Å²) in [6.45, 7) is 5.02. The quantitative estimate of drug-likeness (QED) is 0.0123. The average Bonchev–Trinajstić information content (AvgIpc) is 3.29. The topological polar surface area (TPSA) is 542 Å². The maximum Gasteiger partial charge on any atom is 0.315 e. The largest absolute Gasteiger partial charge is 0.370 e. The van der Waals surface area contributed by atoms with E-state index in [2.05, 4.69) is 89.1 Å². The van der Waals surface area contributed by atoms with Crippen LogP contribution in [0, 0.1) is 0 Å². The first kappa shape index (κ1) is 63.4. The van der Waals surface area contributed by atoms with Gasteiger partial charge in [0.25, 0.3) is 0 Å². The number of nitrogens with zero attached hydrogens (tertiary/aromatic N) is 4. The maximum absolute atomic E-state index is 13.2. The van der Waals surface area contributed by atoms with Gasteiger partial charge in [-0.05, 0) is 77.4 Å². The third kappa shape index (κ3) is 39.0. The Morgan fingerprint density at radius 3 is 0.915 bits per heavy atom. The maximum atomic E-state index is 13.2. The summed E-state index contributed by atoms with van der Waals surface area (Å²) in [5.74, 6) is -0.269. The number of guanidine groups is 4. The van der Waals surface area contributed by atoms with Crippen molar-refractivity contribution < 1.29 is 28.8 Å². The third-order valence-electron chi connectivity index (χ3n) is 9.53. The standard InChI is InChI=1S/C38H82N26O6S/c1-22(16-54-35(68)61-24(18-53-32(47)65)8-4-12-49-28(39)40)59-33(66)56-19-25(9-5-13-50-29(41)42)63-37(70)58-20-26(10-6-14-51-30(43)44)62-36(69)55-17-23(2)60-34(67)57-21-27(64-38(71)48-3)11-7-15-52-31(45)46/h22-27H,4-21H2,1-3H3,(H4,39,40,49)(H4,41,42,50)(H4,43,44,51)(H4,45,46,52)(H3,47,53,65)(H2,48,64,71)(H2,54,61,68)(H2,55,62,69)(H2,56,59,66)(H2,57,60,67)(H2,58,63,70)/t22-,23-,24-,25-,26-,27-/m0/s1. The number of amides is 12. The van der Waals surface area contributed by atoms with Crippen molar-refractivity contribution in [3.8, 4) is 0 Å². The van der Waals surface area contributed by atoms with E-state index in [1.54, 1.807) is 20.9 Å². The normalized spacial score (nSPS) is 12.9. The molecule has 12 amide bonds. The van der Waals surface area contributed by atoms with Crippen molar-refractivity contribution in [1.82, 2.24) is 69.1 Å². The lowest BCUT2D eigenvalue weighted by Gasteiger charge is -2.24. The van der Waals surface area contributed by atoms with E-state index < -0.39 is 66.4 Å². The van der Waals surface area contributed by atoms with Crippen LogP contribution < -0.4 is 121 Å². The Labute approximate surface area is 419 Å². The molecule has 0 saturated carbocycles. The summed E-state index contributed by atoms with van der Waals surface area (Å²) >= 11 is 5.22. The van der Waals surface area contributed by atoms with Gasteiger partial charge in [-0.15, -0.1) is 0 Å². The van der Waals surface area contributed by atoms with Gasteiger partial charge < -0.3 is 121 Å². The van der Waals surface area contributed by atoms with Crippen LogP contribution in [0.3, 0.4) is 0 Å². The van der Waals surface area contributed by atoms with Crippen molar-refractivity contribution in [2.24, 2.45) is 71.6 Å². The number of rotatable bonds is 34. The number of aliphatic imine (C=N–C) groups is 4. The molecule has 0 aliphatic heterocycles. The van der Waals surface area contributed by atoms with Gasteiger partial charge >= 0.3 is 36.2 Å². The molecule has 31 N–H and O–H groups in total. The minimum atomic E-state index is -0.754. The van der Waals surface area contributed by atoms with Crippen LogP contribution in [0.25, 0.3) is 0 Å². The number of urea groups is 6. The minimum Gasteiger partial charge on any atom is -0.370 e. The summed E-state index contributed by atoms with van der Waals surface area (Å²) in [6, 6.07) is -6.42. The summed E-state index contributed by atoms with van der Waals surface area (Å²) in [5.41, 5.74) is 48.6. The van der Waals surface area contributed by atoms with Crippen molar-refractivity contribution in [1.29, 1.82) is 0 Å². The summed E-state index contributed by atoms with van der Waals surface area (Å²) in [4.78, 5) is 91.6. The van der Waals surface area contributed by atoms with Gasteiger partial charge in [0.2, 0.25) is 0 Å². The molecule has 33 heteroatoms. The molecule has 0 bridgehead atoms. The molecule has 0 aliphatic carbocycles. The van der Waals surface area contributed by atoms with Crippen molar-refractivity contribution in [3.05, 3.63) is 0 Å². The van der Waals surface area contributed by atoms with Crippen LogP contribution >= 0.6 is 12.2 Å². The van der Waals surface area contributed by atoms with E-state index in [1.165, 1.54) is 0 Å². The zero-order chi connectivity index (χ0) is 53.6. The van der Waals surface area contributed by atoms with Gasteiger partial charge in [0.1, 0.15) is 0 Å². The lowest BCUT2D eigenvalue weighted by molar-refractivity contribution is 0.224. The van der Waals surface area contributed by atoms with Crippen molar-refractivity contribution in [2.75, 3.05) is 72.5 Å². The van der Waals surface area contributed by atoms with Gasteiger partial charge in [0.15, 0.2) is 29.0 Å². The Hall–Kier alpha value is -7.61. The lowest BCUT2D eigenvalue weighted by Crippen LogP contribution is -2.54. The molecular formula is C38H82N26O6S. The number of carbonyl (C=O) groups excluding carboxylic acids is 6. The fourth-order valence-corrected chi connectivity index (χ4v) is 6.23. The van der Waals surface area contributed by atoms with E-state index in [-0.39, 0.29) is 82.2 Å². The van der Waals surface area contributed by atoms with Crippen LogP contribution in [0.5, 0.6) is 0 Å². The Kier molecular flexibility index (Phi) is 34.2. The average molecular weight is 1030 g/mol. The van der Waals surface area contributed by atoms with Crippen molar-refractivity contribution in [3.63, 3.8) is 0 Å². The molecule has 0 rings (SSSR count). The van der Waals surface area contributed by atoms with Gasteiger partial charge in [-0.2, -0.15) is 0 Å². The highest BCUT2D eigenvalue weighted by atomic mass is 32.1. The molecule has 6 atom stereocenters. The first-order valence-electron chi connectivity index (χ1n) is 23.0. The summed E-state index contributed by atoms with van der Waals surface area (Å²) in [5, 5.41) is 36.4. The molecule has 0 aliphatic rings. The fraction of sp³-hybridized carbons (Fsp3) is 0.711. The zero-order valence-electron chi connectivity index (χ0n) is 41.0. The summed E-state index contributed by atoms with van der Waals surface area (Å²) < 4.78 is 0. The molecule has 71 heavy (non-hydrogen) atoms. The molecule has 0 aromatic rings. The summed E-state index contributed by atoms with van der Waals surface area (Å²) in [7, 11) is 1.68. The highest BCUT2D eigenvalue weighted by Crippen LogP contribution is 2.02. The van der Waals surface area contributed by atoms with Gasteiger partial charge in [-0.3, -0.25) is 20.0 Å². The Balaban J connectivity index is 5.36. The predicted molar refractivity (Wildman–Crippen MR) is 279 cm³/mol. The molecule has 0 heterocycles. The van der Waals surface area contributed by atoms with Crippen LogP contribution in [0.1, 0.15) is 65.2 Å². The number of carbonyl (C=O) groups is 6. The monoisotopic (exact) mass is 1030 g/mol. The van der Waals surface area contributed by atoms with E-state index >= 15 is 0 Å². The molecule has 0 aromatic heterocycles. The summed E-state index contributed by atoms with van der Waals surface area (Å²) in [6.07, 6.45) is 3.80. The highest BCUT2D eigenvalue weighted by Gasteiger charge is 2.20. The SMILES string of the molecule is CNC(=S)N[C@@H](CCCN=C(N)N)CNC(=O)N[C@@H](C)CNC(=O)N[C@@H](CCCN=C(N)N)CNC(=O)N[C@@H](CCCN=C(N)N)CNC(=O)N[C@@H](C)CNC(=O)N[C@@H](CCCN=C(N)N)CNC(N)=O. The number of hydrogen-bond acceptors (Lipinski definition) is 11. The van der Waals surface area contributed by atoms with Crippen LogP contribution in [0.4, 0.5) is 28.8 Å². The third-order valence-corrected chi connectivity index (χ3v) is 9.85. The number of nitrogens with two attached hydrogens (primary N) is 9. The molecule has 0 aromatic carbocycles. The number of hydrogen-bond donors (Lipinski definition) is 22. The second-order valence-electron chi connectivity index (χ2n) is 16.1. The van der Waals surface area contributed by atoms with E-state index in [9.17, 15) is 28.8 Å². The van der Waals surface area contributed by atoms with E-state index in [0.29, 0.717) is 69.6 Å². The van der Waals surface area contributed by atoms with E-state index in [4.69, 9.17) is 63.8 Å². The molecule has 0 radical (unpaired) electrons. The van der Waals surface area contributed by atoms with Gasteiger partial charge in [0, 0.05) is 109 Å². The second kappa shape index (κ2) is 38.3. The Morgan fingerprint density at radius 2 is 0.648 bits per heavy atom. The number of thiocarbonyl (C=S) groups is 1. The smallest absolute Gasteiger partial charge is 0.315 e. The Bertz CT molecular complexity index is 1740. The number of nitrogens with one attached hydrogen (secondary N) is 13. The van der Waals surface area contributed by atoms with E-state index in [0.717, 1.165) is 0 Å². The molecular weight excluding hydrogens is 949 g/mol. The fourth-order valence-electron chi connectivity index (χ4n) is 6.07. The predicted octanol–water partition coefficient (Wildman–Crippen LogP) is -6.29. The molecule has 0 saturated heterocycles. The van der Waals surface area contributed by atoms with Crippen LogP contribution in [0.15, 0.2) is 20.0 Å². The molecule has 0 spiro atoms.